The number of nitrogens with one attached hydrogen (secondary N) is 1. The average Bonchev–Trinajstić information content (AvgIpc) is 3.01. The van der Waals surface area contributed by atoms with E-state index in [9.17, 15) is 14.4 Å². The second-order valence-electron chi connectivity index (χ2n) is 4.94. The van der Waals surface area contributed by atoms with Crippen molar-refractivity contribution in [2.75, 3.05) is 18.2 Å². The molecule has 0 spiro atoms. The number of carbonyl (C=O) groups is 3. The Hall–Kier alpha value is -2.02. The van der Waals surface area contributed by atoms with Crippen molar-refractivity contribution in [1.29, 1.82) is 0 Å². The van der Waals surface area contributed by atoms with Gasteiger partial charge >= 0.3 is 5.97 Å². The van der Waals surface area contributed by atoms with Crippen LogP contribution in [0.3, 0.4) is 0 Å². The molecule has 1 heterocycles. The minimum Gasteiger partial charge on any atom is -0.481 e. The zero-order chi connectivity index (χ0) is 15.9. The molecule has 2 rings (SSSR count). The van der Waals surface area contributed by atoms with Crippen molar-refractivity contribution in [1.82, 2.24) is 10.2 Å². The van der Waals surface area contributed by atoms with Gasteiger partial charge in [0, 0.05) is 24.3 Å². The van der Waals surface area contributed by atoms with Crippen molar-refractivity contribution >= 4 is 29.5 Å². The smallest absolute Gasteiger partial charge is 0.303 e. The van der Waals surface area contributed by atoms with E-state index in [4.69, 9.17) is 5.11 Å². The van der Waals surface area contributed by atoms with E-state index in [1.54, 1.807) is 29.2 Å². The molecule has 0 aromatic heterocycles. The van der Waals surface area contributed by atoms with Gasteiger partial charge in [-0.25, -0.2) is 0 Å². The van der Waals surface area contributed by atoms with E-state index in [-0.39, 0.29) is 18.2 Å². The van der Waals surface area contributed by atoms with Crippen LogP contribution < -0.4 is 5.32 Å². The van der Waals surface area contributed by atoms with Crippen molar-refractivity contribution < 1.29 is 19.5 Å². The maximum atomic E-state index is 12.4. The highest BCUT2D eigenvalue weighted by molar-refractivity contribution is 7.99. The normalized spacial score (nSPS) is 17.3. The summed E-state index contributed by atoms with van der Waals surface area (Å²) in [7, 11) is 0. The first kappa shape index (κ1) is 16.4. The van der Waals surface area contributed by atoms with E-state index in [0.29, 0.717) is 30.2 Å². The van der Waals surface area contributed by atoms with Gasteiger partial charge in [0.05, 0.1) is 5.88 Å². The van der Waals surface area contributed by atoms with E-state index >= 15 is 0 Å². The lowest BCUT2D eigenvalue weighted by atomic mass is 10.1. The van der Waals surface area contributed by atoms with Gasteiger partial charge < -0.3 is 15.3 Å². The summed E-state index contributed by atoms with van der Waals surface area (Å²) in [4.78, 5) is 36.6. The Bertz CT molecular complexity index is 550. The van der Waals surface area contributed by atoms with E-state index in [2.05, 4.69) is 5.32 Å². The number of carboxylic acid groups (broad SMARTS) is 1. The second kappa shape index (κ2) is 7.84. The van der Waals surface area contributed by atoms with Gasteiger partial charge in [-0.1, -0.05) is 18.2 Å². The molecule has 2 N–H and O–H groups in total. The molecule has 1 fully saturated rings. The minimum atomic E-state index is -0.883. The SMILES string of the molecule is O=C(O)CCCNC(=O)C1CSCN1C(=O)c1ccccc1. The van der Waals surface area contributed by atoms with Crippen LogP contribution in [0.2, 0.25) is 0 Å². The standard InChI is InChI=1S/C15H18N2O4S/c18-13(19)7-4-8-16-14(20)12-9-22-10-17(12)15(21)11-5-2-1-3-6-11/h1-3,5-6,12H,4,7-10H2,(H,16,20)(H,18,19). The topological polar surface area (TPSA) is 86.7 Å². The van der Waals surface area contributed by atoms with Crippen LogP contribution in [0.4, 0.5) is 0 Å². The fraction of sp³-hybridized carbons (Fsp3) is 0.400. The zero-order valence-electron chi connectivity index (χ0n) is 12.0. The molecule has 22 heavy (non-hydrogen) atoms. The molecule has 7 heteroatoms. The third-order valence-electron chi connectivity index (χ3n) is 3.33. The predicted octanol–water partition coefficient (Wildman–Crippen LogP) is 1.18. The number of carboxylic acids is 1. The van der Waals surface area contributed by atoms with Crippen molar-refractivity contribution in [3.8, 4) is 0 Å². The van der Waals surface area contributed by atoms with Gasteiger partial charge in [-0.3, -0.25) is 14.4 Å². The maximum Gasteiger partial charge on any atom is 0.303 e. The Balaban J connectivity index is 1.91. The van der Waals surface area contributed by atoms with Crippen LogP contribution in [0.15, 0.2) is 30.3 Å². The first-order valence-electron chi connectivity index (χ1n) is 7.03. The molecule has 1 saturated heterocycles. The molecule has 0 aliphatic carbocycles. The third-order valence-corrected chi connectivity index (χ3v) is 4.35. The third kappa shape index (κ3) is 4.24. The maximum absolute atomic E-state index is 12.4. The average molecular weight is 322 g/mol. The van der Waals surface area contributed by atoms with Gasteiger partial charge in [0.25, 0.3) is 5.91 Å². The first-order valence-corrected chi connectivity index (χ1v) is 8.18. The highest BCUT2D eigenvalue weighted by Crippen LogP contribution is 2.23. The number of hydrogen-bond acceptors (Lipinski definition) is 4. The highest BCUT2D eigenvalue weighted by atomic mass is 32.2. The summed E-state index contributed by atoms with van der Waals surface area (Å²) in [6.45, 7) is 0.305. The molecule has 118 valence electrons. The van der Waals surface area contributed by atoms with Gasteiger partial charge in [0.1, 0.15) is 6.04 Å². The molecule has 1 aliphatic heterocycles. The molecule has 1 atom stereocenters. The van der Waals surface area contributed by atoms with Crippen LogP contribution in [0.5, 0.6) is 0 Å². The van der Waals surface area contributed by atoms with Crippen molar-refractivity contribution in [3.63, 3.8) is 0 Å². The second-order valence-corrected chi connectivity index (χ2v) is 5.94. The van der Waals surface area contributed by atoms with Crippen molar-refractivity contribution in [2.24, 2.45) is 0 Å². The molecular formula is C15H18N2O4S. The van der Waals surface area contributed by atoms with E-state index in [0.717, 1.165) is 0 Å². The van der Waals surface area contributed by atoms with Crippen LogP contribution in [0.25, 0.3) is 0 Å². The molecule has 0 saturated carbocycles. The minimum absolute atomic E-state index is 0.0202. The number of thioether (sulfide) groups is 1. The molecule has 0 bridgehead atoms. The Morgan fingerprint density at radius 1 is 1.27 bits per heavy atom. The lowest BCUT2D eigenvalue weighted by Gasteiger charge is -2.23. The van der Waals surface area contributed by atoms with Crippen molar-refractivity contribution in [2.45, 2.75) is 18.9 Å². The summed E-state index contributed by atoms with van der Waals surface area (Å²) in [5.41, 5.74) is 0.564. The molecule has 1 unspecified atom stereocenters. The molecule has 1 aromatic carbocycles. The van der Waals surface area contributed by atoms with Crippen LogP contribution in [0.1, 0.15) is 23.2 Å². The molecule has 1 aromatic rings. The number of aliphatic carboxylic acids is 1. The highest BCUT2D eigenvalue weighted by Gasteiger charge is 2.34. The van der Waals surface area contributed by atoms with E-state index < -0.39 is 12.0 Å². The van der Waals surface area contributed by atoms with Crippen molar-refractivity contribution in [3.05, 3.63) is 35.9 Å². The fourth-order valence-electron chi connectivity index (χ4n) is 2.18. The summed E-state index contributed by atoms with van der Waals surface area (Å²) in [5.74, 6) is -0.216. The summed E-state index contributed by atoms with van der Waals surface area (Å²) < 4.78 is 0. The molecule has 1 aliphatic rings. The monoisotopic (exact) mass is 322 g/mol. The van der Waals surface area contributed by atoms with Crippen LogP contribution >= 0.6 is 11.8 Å². The molecule has 0 radical (unpaired) electrons. The van der Waals surface area contributed by atoms with Crippen LogP contribution in [0, 0.1) is 0 Å². The van der Waals surface area contributed by atoms with Gasteiger partial charge in [-0.05, 0) is 18.6 Å². The van der Waals surface area contributed by atoms with Gasteiger partial charge in [-0.2, -0.15) is 0 Å². The number of amides is 2. The summed E-state index contributed by atoms with van der Waals surface area (Å²) in [5, 5.41) is 11.3. The molecule has 2 amide bonds. The predicted molar refractivity (Wildman–Crippen MR) is 83.6 cm³/mol. The fourth-order valence-corrected chi connectivity index (χ4v) is 3.33. The van der Waals surface area contributed by atoms with Crippen LogP contribution in [-0.4, -0.2) is 52.0 Å². The number of nitrogens with zero attached hydrogens (tertiary/aromatic N) is 1. The Kier molecular flexibility index (Phi) is 5.83. The number of benzene rings is 1. The largest absolute Gasteiger partial charge is 0.481 e. The molecule has 6 nitrogen and oxygen atoms in total. The van der Waals surface area contributed by atoms with Gasteiger partial charge in [-0.15, -0.1) is 11.8 Å². The summed E-state index contributed by atoms with van der Waals surface area (Å²) in [6.07, 6.45) is 0.403. The lowest BCUT2D eigenvalue weighted by molar-refractivity contribution is -0.137. The quantitative estimate of drug-likeness (QED) is 0.768. The lowest BCUT2D eigenvalue weighted by Crippen LogP contribution is -2.47. The van der Waals surface area contributed by atoms with Crippen LogP contribution in [-0.2, 0) is 9.59 Å². The Morgan fingerprint density at radius 2 is 2.00 bits per heavy atom. The van der Waals surface area contributed by atoms with Gasteiger partial charge in [0.2, 0.25) is 5.91 Å². The Morgan fingerprint density at radius 3 is 2.68 bits per heavy atom. The number of carbonyl (C=O) groups excluding carboxylic acids is 2. The Labute approximate surface area is 132 Å². The number of hydrogen-bond donors (Lipinski definition) is 2. The molecular weight excluding hydrogens is 304 g/mol. The number of rotatable bonds is 6. The summed E-state index contributed by atoms with van der Waals surface area (Å²) in [6, 6.07) is 8.37. The zero-order valence-corrected chi connectivity index (χ0v) is 12.8. The van der Waals surface area contributed by atoms with E-state index in [1.165, 1.54) is 11.8 Å². The first-order chi connectivity index (χ1) is 10.6. The van der Waals surface area contributed by atoms with E-state index in [1.807, 2.05) is 6.07 Å². The van der Waals surface area contributed by atoms with Gasteiger partial charge in [0.15, 0.2) is 0 Å². The summed E-state index contributed by atoms with van der Waals surface area (Å²) >= 11 is 1.54.